The second-order valence-corrected chi connectivity index (χ2v) is 5.86. The van der Waals surface area contributed by atoms with E-state index in [0.29, 0.717) is 0 Å². The summed E-state index contributed by atoms with van der Waals surface area (Å²) in [5.74, 6) is -0.786. The predicted octanol–water partition coefficient (Wildman–Crippen LogP) is 0.945. The van der Waals surface area contributed by atoms with Gasteiger partial charge in [-0.15, -0.1) is 0 Å². The molecule has 0 aliphatic rings. The largest absolute Gasteiger partial charge is 0.467 e. The van der Waals surface area contributed by atoms with E-state index in [0.717, 1.165) is 0 Å². The first-order valence-electron chi connectivity index (χ1n) is 5.26. The van der Waals surface area contributed by atoms with E-state index in [-0.39, 0.29) is 5.75 Å². The van der Waals surface area contributed by atoms with Gasteiger partial charge in [0.05, 0.1) is 12.9 Å². The van der Waals surface area contributed by atoms with E-state index in [2.05, 4.69) is 16.6 Å². The van der Waals surface area contributed by atoms with Crippen LogP contribution in [0.5, 0.6) is 0 Å². The number of nitrogens with one attached hydrogen (secondary N) is 1. The highest BCUT2D eigenvalue weighted by Gasteiger charge is 2.26. The molecule has 0 aliphatic carbocycles. The first-order valence-corrected chi connectivity index (χ1v) is 6.65. The molecular weight excluding hydrogens is 258 g/mol. The average molecular weight is 277 g/mol. The fourth-order valence-electron chi connectivity index (χ4n) is 0.993. The maximum atomic E-state index is 11.5. The maximum Gasteiger partial charge on any atom is 0.408 e. The molecule has 0 bridgehead atoms. The number of amides is 1. The molecule has 0 saturated heterocycles. The van der Waals surface area contributed by atoms with Crippen molar-refractivity contribution in [1.29, 1.82) is 0 Å². The second kappa shape index (κ2) is 7.15. The number of hydrogen-bond donors (Lipinski definition) is 1. The van der Waals surface area contributed by atoms with Crippen molar-refractivity contribution < 1.29 is 23.3 Å². The van der Waals surface area contributed by atoms with Crippen molar-refractivity contribution in [2.45, 2.75) is 32.4 Å². The molecule has 1 N–H and O–H groups in total. The number of ether oxygens (including phenoxy) is 2. The Morgan fingerprint density at radius 3 is 2.39 bits per heavy atom. The summed E-state index contributed by atoms with van der Waals surface area (Å²) in [5.41, 5.74) is -0.678. The minimum atomic E-state index is -1.43. The van der Waals surface area contributed by atoms with Gasteiger partial charge in [-0.1, -0.05) is 6.58 Å². The van der Waals surface area contributed by atoms with Gasteiger partial charge >= 0.3 is 12.1 Å². The molecule has 1 unspecified atom stereocenters. The summed E-state index contributed by atoms with van der Waals surface area (Å²) >= 11 is 0. The number of esters is 1. The fourth-order valence-corrected chi connectivity index (χ4v) is 1.68. The van der Waals surface area contributed by atoms with Crippen molar-refractivity contribution in [3.8, 4) is 0 Å². The zero-order valence-electron chi connectivity index (χ0n) is 11.0. The van der Waals surface area contributed by atoms with Crippen molar-refractivity contribution >= 4 is 22.9 Å². The van der Waals surface area contributed by atoms with Crippen LogP contribution in [0, 0.1) is 0 Å². The van der Waals surface area contributed by atoms with Crippen LogP contribution in [0.2, 0.25) is 0 Å². The number of methoxy groups -OCH3 is 1. The van der Waals surface area contributed by atoms with Crippen molar-refractivity contribution in [2.24, 2.45) is 0 Å². The van der Waals surface area contributed by atoms with Crippen LogP contribution in [0.4, 0.5) is 4.79 Å². The lowest BCUT2D eigenvalue weighted by molar-refractivity contribution is -0.142. The number of carbonyl (C=O) groups is 2. The van der Waals surface area contributed by atoms with Crippen LogP contribution >= 0.6 is 0 Å². The summed E-state index contributed by atoms with van der Waals surface area (Å²) in [7, 11) is -0.243. The van der Waals surface area contributed by atoms with E-state index < -0.39 is 34.5 Å². The fraction of sp³-hybridized carbons (Fsp3) is 0.636. The molecule has 0 fully saturated rings. The molecule has 0 rings (SSSR count). The van der Waals surface area contributed by atoms with Crippen molar-refractivity contribution in [2.75, 3.05) is 12.9 Å². The molecule has 6 nitrogen and oxygen atoms in total. The number of carbonyl (C=O) groups excluding carboxylic acids is 2. The smallest absolute Gasteiger partial charge is 0.408 e. The van der Waals surface area contributed by atoms with Crippen LogP contribution in [0.15, 0.2) is 12.0 Å². The van der Waals surface area contributed by atoms with Gasteiger partial charge in [-0.05, 0) is 26.2 Å². The second-order valence-electron chi connectivity index (χ2n) is 4.44. The van der Waals surface area contributed by atoms with Crippen molar-refractivity contribution in [3.63, 3.8) is 0 Å². The molecule has 0 aromatic carbocycles. The predicted molar refractivity (Wildman–Crippen MR) is 68.4 cm³/mol. The van der Waals surface area contributed by atoms with Gasteiger partial charge in [0.2, 0.25) is 0 Å². The van der Waals surface area contributed by atoms with E-state index in [9.17, 15) is 13.8 Å². The molecule has 0 spiro atoms. The third-order valence-electron chi connectivity index (χ3n) is 1.69. The zero-order valence-corrected chi connectivity index (χ0v) is 11.8. The molecule has 0 aliphatic heterocycles. The molecule has 18 heavy (non-hydrogen) atoms. The van der Waals surface area contributed by atoms with Gasteiger partial charge in [-0.25, -0.2) is 9.59 Å². The van der Waals surface area contributed by atoms with Crippen molar-refractivity contribution in [1.82, 2.24) is 5.32 Å². The van der Waals surface area contributed by atoms with Gasteiger partial charge in [-0.3, -0.25) is 4.21 Å². The molecule has 0 aromatic rings. The summed E-state index contributed by atoms with van der Waals surface area (Å²) in [6.45, 7) is 8.43. The lowest BCUT2D eigenvalue weighted by Crippen LogP contribution is -2.46. The highest BCUT2D eigenvalue weighted by atomic mass is 32.2. The SMILES string of the molecule is C=CS(=O)C[C@H](NC(=O)OC(C)(C)C)C(=O)OC. The van der Waals surface area contributed by atoms with Crippen LogP contribution in [-0.4, -0.2) is 40.8 Å². The quantitative estimate of drug-likeness (QED) is 0.756. The van der Waals surface area contributed by atoms with E-state index >= 15 is 0 Å². The Kier molecular flexibility index (Phi) is 6.61. The molecule has 7 heteroatoms. The van der Waals surface area contributed by atoms with Gasteiger partial charge in [0, 0.05) is 10.8 Å². The first kappa shape index (κ1) is 16.6. The summed E-state index contributed by atoms with van der Waals surface area (Å²) in [6.07, 6.45) is -0.765. The molecule has 0 heterocycles. The molecule has 2 atom stereocenters. The standard InChI is InChI=1S/C11H19NO5S/c1-6-18(15)7-8(9(13)16-5)12-10(14)17-11(2,3)4/h6,8H,1,7H2,2-5H3,(H,12,14)/t8-,18?/m0/s1. The van der Waals surface area contributed by atoms with Crippen molar-refractivity contribution in [3.05, 3.63) is 12.0 Å². The Labute approximate surface area is 109 Å². The minimum Gasteiger partial charge on any atom is -0.467 e. The van der Waals surface area contributed by atoms with Gasteiger partial charge in [0.15, 0.2) is 0 Å². The molecule has 1 amide bonds. The maximum absolute atomic E-state index is 11.5. The molecule has 0 aromatic heterocycles. The number of rotatable bonds is 5. The van der Waals surface area contributed by atoms with Crippen LogP contribution in [0.3, 0.4) is 0 Å². The molecule has 104 valence electrons. The Morgan fingerprint density at radius 1 is 1.44 bits per heavy atom. The highest BCUT2D eigenvalue weighted by molar-refractivity contribution is 7.88. The van der Waals surface area contributed by atoms with Crippen LogP contribution in [-0.2, 0) is 25.1 Å². The number of hydrogen-bond acceptors (Lipinski definition) is 5. The lowest BCUT2D eigenvalue weighted by Gasteiger charge is -2.22. The highest BCUT2D eigenvalue weighted by Crippen LogP contribution is 2.07. The van der Waals surface area contributed by atoms with Crippen LogP contribution in [0.25, 0.3) is 0 Å². The van der Waals surface area contributed by atoms with Gasteiger partial charge < -0.3 is 14.8 Å². The molecule has 0 radical (unpaired) electrons. The monoisotopic (exact) mass is 277 g/mol. The molecule has 0 saturated carbocycles. The summed E-state index contributed by atoms with van der Waals surface area (Å²) in [4.78, 5) is 22.9. The summed E-state index contributed by atoms with van der Waals surface area (Å²) in [6, 6.07) is -1.02. The zero-order chi connectivity index (χ0) is 14.3. The van der Waals surface area contributed by atoms with Gasteiger partial charge in [0.25, 0.3) is 0 Å². The Balaban J connectivity index is 4.59. The van der Waals surface area contributed by atoms with Crippen LogP contribution in [0.1, 0.15) is 20.8 Å². The van der Waals surface area contributed by atoms with E-state index in [4.69, 9.17) is 4.74 Å². The van der Waals surface area contributed by atoms with E-state index in [1.807, 2.05) is 0 Å². The Bertz CT molecular complexity index is 348. The molecular formula is C11H19NO5S. The van der Waals surface area contributed by atoms with E-state index in [1.165, 1.54) is 12.5 Å². The number of alkyl carbamates (subject to hydrolysis) is 1. The van der Waals surface area contributed by atoms with E-state index in [1.54, 1.807) is 20.8 Å². The first-order chi connectivity index (χ1) is 8.19. The van der Waals surface area contributed by atoms with Gasteiger partial charge in [0.1, 0.15) is 11.6 Å². The Morgan fingerprint density at radius 2 is 2.00 bits per heavy atom. The normalized spacial score (nSPS) is 14.2. The minimum absolute atomic E-state index is 0.102. The third kappa shape index (κ3) is 7.05. The topological polar surface area (TPSA) is 81.7 Å². The summed E-state index contributed by atoms with van der Waals surface area (Å²) < 4.78 is 20.8. The summed E-state index contributed by atoms with van der Waals surface area (Å²) in [5, 5.41) is 3.50. The Hall–Kier alpha value is -1.37. The average Bonchev–Trinajstić information content (AvgIpc) is 2.24. The lowest BCUT2D eigenvalue weighted by atomic mass is 10.2. The van der Waals surface area contributed by atoms with Gasteiger partial charge in [-0.2, -0.15) is 0 Å². The van der Waals surface area contributed by atoms with Crippen LogP contribution < -0.4 is 5.32 Å². The third-order valence-corrected chi connectivity index (χ3v) is 2.73.